The van der Waals surface area contributed by atoms with Gasteiger partial charge in [-0.1, -0.05) is 116 Å². The van der Waals surface area contributed by atoms with Gasteiger partial charge in [-0.3, -0.25) is 0 Å². The molecule has 0 atom stereocenters. The number of benzene rings is 4. The topological polar surface area (TPSA) is 4.93 Å². The van der Waals surface area contributed by atoms with Crippen LogP contribution in [0.25, 0.3) is 38.6 Å². The zero-order valence-corrected chi connectivity index (χ0v) is 25.0. The van der Waals surface area contributed by atoms with E-state index in [0.29, 0.717) is 0 Å². The molecule has 5 rings (SSSR count). The summed E-state index contributed by atoms with van der Waals surface area (Å²) in [7, 11) is 0. The standard InChI is InChI=1S/C37H43N/c1-24-13-11-14-25(21-24)28-15-12-16-33(34(28)37(8,9)10)38-31-19-17-26(35(2,3)4)22-29(31)30-23-27(36(5,6)7)18-20-32(30)38/h11-23H,1-10H3. The lowest BCUT2D eigenvalue weighted by atomic mass is 9.80. The molecule has 0 fully saturated rings. The average molecular weight is 502 g/mol. The molecule has 1 heterocycles. The lowest BCUT2D eigenvalue weighted by molar-refractivity contribution is 0.589. The lowest BCUT2D eigenvalue weighted by Crippen LogP contribution is -2.17. The van der Waals surface area contributed by atoms with Crippen molar-refractivity contribution in [1.82, 2.24) is 4.57 Å². The van der Waals surface area contributed by atoms with Crippen molar-refractivity contribution in [3.05, 3.63) is 101 Å². The van der Waals surface area contributed by atoms with Gasteiger partial charge in [0.15, 0.2) is 0 Å². The molecule has 5 aromatic rings. The fourth-order valence-corrected chi connectivity index (χ4v) is 5.78. The summed E-state index contributed by atoms with van der Waals surface area (Å²) >= 11 is 0. The summed E-state index contributed by atoms with van der Waals surface area (Å²) in [5.41, 5.74) is 11.9. The highest BCUT2D eigenvalue weighted by atomic mass is 15.0. The van der Waals surface area contributed by atoms with Crippen LogP contribution < -0.4 is 0 Å². The lowest BCUT2D eigenvalue weighted by Gasteiger charge is -2.28. The summed E-state index contributed by atoms with van der Waals surface area (Å²) in [6, 6.07) is 29.9. The Labute approximate surface area is 229 Å². The van der Waals surface area contributed by atoms with Crippen LogP contribution in [-0.4, -0.2) is 4.57 Å². The van der Waals surface area contributed by atoms with E-state index in [9.17, 15) is 0 Å². The molecule has 1 heteroatoms. The van der Waals surface area contributed by atoms with Crippen LogP contribution in [0.1, 0.15) is 84.6 Å². The number of hydrogen-bond donors (Lipinski definition) is 0. The highest BCUT2D eigenvalue weighted by Gasteiger charge is 2.27. The Morgan fingerprint density at radius 2 is 1.05 bits per heavy atom. The van der Waals surface area contributed by atoms with E-state index in [1.54, 1.807) is 0 Å². The highest BCUT2D eigenvalue weighted by Crippen LogP contribution is 2.42. The summed E-state index contributed by atoms with van der Waals surface area (Å²) in [4.78, 5) is 0. The van der Waals surface area contributed by atoms with Gasteiger partial charge in [-0.15, -0.1) is 0 Å². The van der Waals surface area contributed by atoms with Crippen LogP contribution in [0.5, 0.6) is 0 Å². The summed E-state index contributed by atoms with van der Waals surface area (Å²) in [6.07, 6.45) is 0. The average Bonchev–Trinajstić information content (AvgIpc) is 3.15. The predicted molar refractivity (Wildman–Crippen MR) is 167 cm³/mol. The fourth-order valence-electron chi connectivity index (χ4n) is 5.78. The molecule has 38 heavy (non-hydrogen) atoms. The highest BCUT2D eigenvalue weighted by molar-refractivity contribution is 6.10. The van der Waals surface area contributed by atoms with Gasteiger partial charge in [-0.05, 0) is 81.3 Å². The summed E-state index contributed by atoms with van der Waals surface area (Å²) < 4.78 is 2.52. The van der Waals surface area contributed by atoms with Crippen LogP contribution in [0.3, 0.4) is 0 Å². The summed E-state index contributed by atoms with van der Waals surface area (Å²) in [5.74, 6) is 0. The third-order valence-corrected chi connectivity index (χ3v) is 7.86. The van der Waals surface area contributed by atoms with Crippen LogP contribution >= 0.6 is 0 Å². The molecule has 0 spiro atoms. The molecule has 0 N–H and O–H groups in total. The van der Waals surface area contributed by atoms with Gasteiger partial charge >= 0.3 is 0 Å². The fraction of sp³-hybridized carbons (Fsp3) is 0.351. The second-order valence-electron chi connectivity index (χ2n) is 14.1. The third kappa shape index (κ3) is 4.57. The smallest absolute Gasteiger partial charge is 0.0541 e. The van der Waals surface area contributed by atoms with E-state index in [1.807, 2.05) is 0 Å². The minimum atomic E-state index is -0.0463. The Kier molecular flexibility index (Phi) is 6.14. The quantitative estimate of drug-likeness (QED) is 0.227. The largest absolute Gasteiger partial charge is 0.309 e. The molecule has 4 aromatic carbocycles. The van der Waals surface area contributed by atoms with Crippen molar-refractivity contribution in [2.45, 2.75) is 85.5 Å². The molecule has 1 nitrogen and oxygen atoms in total. The SMILES string of the molecule is Cc1cccc(-c2cccc(-n3c4ccc(C(C)(C)C)cc4c4cc(C(C)(C)C)ccc43)c2C(C)(C)C)c1. The number of nitrogens with zero attached hydrogens (tertiary/aromatic N) is 1. The summed E-state index contributed by atoms with van der Waals surface area (Å²) in [5, 5.41) is 2.67. The van der Waals surface area contributed by atoms with E-state index in [4.69, 9.17) is 0 Å². The maximum Gasteiger partial charge on any atom is 0.0541 e. The van der Waals surface area contributed by atoms with E-state index in [0.717, 1.165) is 0 Å². The van der Waals surface area contributed by atoms with Crippen molar-refractivity contribution in [3.63, 3.8) is 0 Å². The van der Waals surface area contributed by atoms with Crippen LogP contribution in [0.2, 0.25) is 0 Å². The molecule has 1 aromatic heterocycles. The molecule has 0 radical (unpaired) electrons. The van der Waals surface area contributed by atoms with Gasteiger partial charge < -0.3 is 4.57 Å². The first-order valence-electron chi connectivity index (χ1n) is 14.0. The van der Waals surface area contributed by atoms with Gasteiger partial charge in [0, 0.05) is 10.8 Å². The van der Waals surface area contributed by atoms with E-state index in [1.165, 1.54) is 60.9 Å². The predicted octanol–water partition coefficient (Wildman–Crippen LogP) is 10.7. The van der Waals surface area contributed by atoms with Crippen LogP contribution in [0.15, 0.2) is 78.9 Å². The van der Waals surface area contributed by atoms with E-state index in [2.05, 4.69) is 153 Å². The van der Waals surface area contributed by atoms with E-state index in [-0.39, 0.29) is 16.2 Å². The number of aromatic nitrogens is 1. The van der Waals surface area contributed by atoms with Gasteiger partial charge in [-0.25, -0.2) is 0 Å². The minimum Gasteiger partial charge on any atom is -0.309 e. The second-order valence-corrected chi connectivity index (χ2v) is 14.1. The van der Waals surface area contributed by atoms with Crippen LogP contribution in [0.4, 0.5) is 0 Å². The Balaban J connectivity index is 1.92. The molecule has 0 aliphatic heterocycles. The normalized spacial score (nSPS) is 13.0. The Morgan fingerprint density at radius 1 is 0.526 bits per heavy atom. The molecule has 0 saturated carbocycles. The number of aryl methyl sites for hydroxylation is 1. The molecule has 0 saturated heterocycles. The third-order valence-electron chi connectivity index (χ3n) is 7.86. The number of rotatable bonds is 2. The van der Waals surface area contributed by atoms with Gasteiger partial charge in [-0.2, -0.15) is 0 Å². The van der Waals surface area contributed by atoms with Gasteiger partial charge in [0.1, 0.15) is 0 Å². The van der Waals surface area contributed by atoms with Crippen LogP contribution in [0, 0.1) is 6.92 Å². The molecule has 196 valence electrons. The minimum absolute atomic E-state index is 0.0463. The Bertz CT molecular complexity index is 1580. The first-order valence-corrected chi connectivity index (χ1v) is 14.0. The first kappa shape index (κ1) is 26.3. The van der Waals surface area contributed by atoms with Crippen molar-refractivity contribution >= 4 is 21.8 Å². The molecular weight excluding hydrogens is 458 g/mol. The van der Waals surface area contributed by atoms with Gasteiger partial charge in [0.05, 0.1) is 16.7 Å². The zero-order chi connectivity index (χ0) is 27.6. The monoisotopic (exact) mass is 501 g/mol. The maximum atomic E-state index is 2.52. The van der Waals surface area contributed by atoms with Gasteiger partial charge in [0.2, 0.25) is 0 Å². The molecule has 0 aliphatic rings. The van der Waals surface area contributed by atoms with Crippen molar-refractivity contribution in [1.29, 1.82) is 0 Å². The Hall–Kier alpha value is -3.32. The van der Waals surface area contributed by atoms with Crippen molar-refractivity contribution < 1.29 is 0 Å². The molecule has 0 amide bonds. The maximum absolute atomic E-state index is 2.52. The molecule has 0 aliphatic carbocycles. The second kappa shape index (κ2) is 8.87. The number of fused-ring (bicyclic) bond motifs is 3. The van der Waals surface area contributed by atoms with Crippen LogP contribution in [-0.2, 0) is 16.2 Å². The van der Waals surface area contributed by atoms with E-state index >= 15 is 0 Å². The van der Waals surface area contributed by atoms with Crippen molar-refractivity contribution in [3.8, 4) is 16.8 Å². The number of hydrogen-bond acceptors (Lipinski definition) is 0. The molecular formula is C37H43N. The summed E-state index contributed by atoms with van der Waals surface area (Å²) in [6.45, 7) is 23.0. The first-order chi connectivity index (χ1) is 17.7. The zero-order valence-electron chi connectivity index (χ0n) is 25.0. The Morgan fingerprint density at radius 3 is 1.53 bits per heavy atom. The van der Waals surface area contributed by atoms with Crippen molar-refractivity contribution in [2.24, 2.45) is 0 Å². The van der Waals surface area contributed by atoms with Crippen molar-refractivity contribution in [2.75, 3.05) is 0 Å². The molecule has 0 bridgehead atoms. The van der Waals surface area contributed by atoms with Gasteiger partial charge in [0.25, 0.3) is 0 Å². The van der Waals surface area contributed by atoms with E-state index < -0.39 is 0 Å². The molecule has 0 unspecified atom stereocenters.